The van der Waals surface area contributed by atoms with Gasteiger partial charge in [-0.3, -0.25) is 4.79 Å². The first-order valence-corrected chi connectivity index (χ1v) is 9.56. The van der Waals surface area contributed by atoms with Crippen molar-refractivity contribution in [3.05, 3.63) is 23.8 Å². The van der Waals surface area contributed by atoms with Crippen LogP contribution in [-0.2, 0) is 26.0 Å². The van der Waals surface area contributed by atoms with E-state index >= 15 is 0 Å². The largest absolute Gasteiger partial charge is 0.375 e. The molecule has 0 unspecified atom stereocenters. The maximum Gasteiger partial charge on any atom is 0.243 e. The van der Waals surface area contributed by atoms with E-state index in [1.54, 1.807) is 22.5 Å². The Hall–Kier alpha value is -1.44. The average molecular weight is 336 g/mol. The van der Waals surface area contributed by atoms with Crippen LogP contribution in [-0.4, -0.2) is 43.9 Å². The molecule has 7 heteroatoms. The molecule has 1 aliphatic carbocycles. The van der Waals surface area contributed by atoms with E-state index in [2.05, 4.69) is 5.32 Å². The van der Waals surface area contributed by atoms with Crippen molar-refractivity contribution < 1.29 is 17.9 Å². The number of sulfonamides is 1. The van der Waals surface area contributed by atoms with Gasteiger partial charge in [0, 0.05) is 12.2 Å². The summed E-state index contributed by atoms with van der Waals surface area (Å²) in [5, 5.41) is 2.73. The van der Waals surface area contributed by atoms with E-state index in [-0.39, 0.29) is 29.4 Å². The average Bonchev–Trinajstić information content (AvgIpc) is 2.93. The molecule has 1 N–H and O–H groups in total. The highest BCUT2D eigenvalue weighted by Crippen LogP contribution is 2.34. The number of ether oxygens (including phenoxy) is 1. The second-order valence-electron chi connectivity index (χ2n) is 6.42. The minimum Gasteiger partial charge on any atom is -0.375 e. The minimum absolute atomic E-state index is 0.0185. The molecule has 1 saturated heterocycles. The smallest absolute Gasteiger partial charge is 0.243 e. The summed E-state index contributed by atoms with van der Waals surface area (Å²) in [6.07, 6.45) is 4.19. The molecule has 0 aromatic heterocycles. The summed E-state index contributed by atoms with van der Waals surface area (Å²) >= 11 is 0. The highest BCUT2D eigenvalue weighted by atomic mass is 32.2. The van der Waals surface area contributed by atoms with Gasteiger partial charge in [0.15, 0.2) is 0 Å². The molecule has 2 atom stereocenters. The number of nitrogens with one attached hydrogen (secondary N) is 1. The van der Waals surface area contributed by atoms with E-state index in [0.29, 0.717) is 18.8 Å². The van der Waals surface area contributed by atoms with E-state index < -0.39 is 10.0 Å². The number of fused-ring (bicyclic) bond motifs is 2. The van der Waals surface area contributed by atoms with E-state index in [1.807, 2.05) is 0 Å². The minimum atomic E-state index is -3.56. The van der Waals surface area contributed by atoms with Crippen molar-refractivity contribution in [2.75, 3.05) is 18.5 Å². The van der Waals surface area contributed by atoms with Crippen molar-refractivity contribution >= 4 is 21.6 Å². The van der Waals surface area contributed by atoms with Crippen LogP contribution in [0.2, 0.25) is 0 Å². The van der Waals surface area contributed by atoms with E-state index in [9.17, 15) is 13.2 Å². The standard InChI is InChI=1S/C16H20N2O4S/c19-16-10-11-9-12(5-6-13(11)17-16)23(20,21)18-7-8-22-15-4-2-1-3-14(15)18/h5-6,9,14-15H,1-4,7-8,10H2,(H,17,19)/t14-,15-/m1/s1. The first-order valence-electron chi connectivity index (χ1n) is 8.12. The van der Waals surface area contributed by atoms with Crippen molar-refractivity contribution in [3.8, 4) is 0 Å². The van der Waals surface area contributed by atoms with Gasteiger partial charge in [-0.25, -0.2) is 8.42 Å². The molecule has 3 aliphatic rings. The summed E-state index contributed by atoms with van der Waals surface area (Å²) in [6.45, 7) is 0.850. The Bertz CT molecular complexity index is 744. The molecule has 4 rings (SSSR count). The topological polar surface area (TPSA) is 75.7 Å². The van der Waals surface area contributed by atoms with Crippen molar-refractivity contribution in [3.63, 3.8) is 0 Å². The lowest BCUT2D eigenvalue weighted by atomic mass is 9.91. The zero-order chi connectivity index (χ0) is 16.0. The van der Waals surface area contributed by atoms with Crippen molar-refractivity contribution in [2.45, 2.75) is 49.1 Å². The summed E-state index contributed by atoms with van der Waals surface area (Å²) in [7, 11) is -3.56. The fourth-order valence-electron chi connectivity index (χ4n) is 3.86. The molecule has 0 spiro atoms. The van der Waals surface area contributed by atoms with Gasteiger partial charge in [-0.15, -0.1) is 0 Å². The van der Waals surface area contributed by atoms with Gasteiger partial charge < -0.3 is 10.1 Å². The maximum atomic E-state index is 13.1. The Morgan fingerprint density at radius 1 is 1.22 bits per heavy atom. The van der Waals surface area contributed by atoms with Gasteiger partial charge in [0.25, 0.3) is 0 Å². The van der Waals surface area contributed by atoms with Crippen LogP contribution in [0.25, 0.3) is 0 Å². The van der Waals surface area contributed by atoms with E-state index in [0.717, 1.165) is 31.2 Å². The van der Waals surface area contributed by atoms with Crippen LogP contribution in [0.15, 0.2) is 23.1 Å². The number of nitrogens with zero attached hydrogens (tertiary/aromatic N) is 1. The highest BCUT2D eigenvalue weighted by molar-refractivity contribution is 7.89. The van der Waals surface area contributed by atoms with Gasteiger partial charge in [0.2, 0.25) is 15.9 Å². The normalized spacial score (nSPS) is 28.1. The molecule has 1 aromatic rings. The van der Waals surface area contributed by atoms with Crippen molar-refractivity contribution in [2.24, 2.45) is 0 Å². The quantitative estimate of drug-likeness (QED) is 0.888. The molecule has 1 aromatic carbocycles. The molecule has 2 heterocycles. The van der Waals surface area contributed by atoms with Gasteiger partial charge in [-0.1, -0.05) is 12.8 Å². The lowest BCUT2D eigenvalue weighted by molar-refractivity contribution is -0.115. The molecule has 1 saturated carbocycles. The number of anilines is 1. The Balaban J connectivity index is 1.67. The Morgan fingerprint density at radius 2 is 2.04 bits per heavy atom. The Morgan fingerprint density at radius 3 is 2.91 bits per heavy atom. The van der Waals surface area contributed by atoms with Crippen LogP contribution in [0, 0.1) is 0 Å². The second kappa shape index (κ2) is 5.58. The van der Waals surface area contributed by atoms with Crippen LogP contribution in [0.4, 0.5) is 5.69 Å². The van der Waals surface area contributed by atoms with Crippen molar-refractivity contribution in [1.82, 2.24) is 4.31 Å². The SMILES string of the molecule is O=C1Cc2cc(S(=O)(=O)N3CCO[C@@H]4CCCC[C@H]43)ccc2N1. The first kappa shape index (κ1) is 15.1. The Kier molecular flexibility index (Phi) is 3.66. The summed E-state index contributed by atoms with van der Waals surface area (Å²) in [4.78, 5) is 11.7. The van der Waals surface area contributed by atoms with Crippen LogP contribution in [0.1, 0.15) is 31.2 Å². The zero-order valence-corrected chi connectivity index (χ0v) is 13.6. The molecule has 2 aliphatic heterocycles. The molecule has 0 radical (unpaired) electrons. The van der Waals surface area contributed by atoms with Crippen LogP contribution in [0.3, 0.4) is 0 Å². The molecule has 124 valence electrons. The van der Waals surface area contributed by atoms with Gasteiger partial charge in [-0.05, 0) is 36.6 Å². The lowest BCUT2D eigenvalue weighted by Gasteiger charge is -2.42. The van der Waals surface area contributed by atoms with Gasteiger partial charge in [0.05, 0.1) is 30.1 Å². The van der Waals surface area contributed by atoms with Gasteiger partial charge in [-0.2, -0.15) is 4.31 Å². The van der Waals surface area contributed by atoms with Crippen LogP contribution in [0.5, 0.6) is 0 Å². The molecule has 0 bridgehead atoms. The summed E-state index contributed by atoms with van der Waals surface area (Å²) in [6, 6.07) is 4.85. The Labute approximate surface area is 135 Å². The first-order chi connectivity index (χ1) is 11.1. The molecule has 2 fully saturated rings. The van der Waals surface area contributed by atoms with E-state index in [4.69, 9.17) is 4.74 Å². The van der Waals surface area contributed by atoms with Crippen LogP contribution >= 0.6 is 0 Å². The fourth-order valence-corrected chi connectivity index (χ4v) is 5.58. The monoisotopic (exact) mass is 336 g/mol. The van der Waals surface area contributed by atoms with E-state index in [1.165, 1.54) is 0 Å². The number of hydrogen-bond donors (Lipinski definition) is 1. The molecular weight excluding hydrogens is 316 g/mol. The number of benzene rings is 1. The number of hydrogen-bond acceptors (Lipinski definition) is 4. The summed E-state index contributed by atoms with van der Waals surface area (Å²) in [5.41, 5.74) is 1.47. The third kappa shape index (κ3) is 2.56. The predicted octanol–water partition coefficient (Wildman–Crippen LogP) is 1.51. The van der Waals surface area contributed by atoms with Gasteiger partial charge in [0.1, 0.15) is 0 Å². The van der Waals surface area contributed by atoms with Crippen LogP contribution < -0.4 is 5.32 Å². The number of rotatable bonds is 2. The molecule has 1 amide bonds. The third-order valence-corrected chi connectivity index (χ3v) is 6.91. The number of carbonyl (C=O) groups is 1. The van der Waals surface area contributed by atoms with Gasteiger partial charge >= 0.3 is 0 Å². The predicted molar refractivity (Wildman–Crippen MR) is 84.7 cm³/mol. The number of carbonyl (C=O) groups excluding carboxylic acids is 1. The number of amides is 1. The summed E-state index contributed by atoms with van der Waals surface area (Å²) < 4.78 is 33.6. The lowest BCUT2D eigenvalue weighted by Crippen LogP contribution is -2.54. The summed E-state index contributed by atoms with van der Waals surface area (Å²) in [5.74, 6) is -0.0896. The molecule has 23 heavy (non-hydrogen) atoms. The molecule has 6 nitrogen and oxygen atoms in total. The highest BCUT2D eigenvalue weighted by Gasteiger charge is 2.41. The third-order valence-electron chi connectivity index (χ3n) is 4.99. The number of morpholine rings is 1. The molecular formula is C16H20N2O4S. The zero-order valence-electron chi connectivity index (χ0n) is 12.8. The van der Waals surface area contributed by atoms with Crippen molar-refractivity contribution in [1.29, 1.82) is 0 Å². The second-order valence-corrected chi connectivity index (χ2v) is 8.31. The maximum absolute atomic E-state index is 13.1. The fraction of sp³-hybridized carbons (Fsp3) is 0.562.